The zero-order chi connectivity index (χ0) is 13.2. The maximum absolute atomic E-state index is 7.35. The third-order valence-electron chi connectivity index (χ3n) is 3.14. The number of aromatic nitrogens is 1. The monoisotopic (exact) mass is 247 g/mol. The van der Waals surface area contributed by atoms with Crippen molar-refractivity contribution in [3.05, 3.63) is 60.2 Å². The van der Waals surface area contributed by atoms with Crippen LogP contribution in [0.5, 0.6) is 0 Å². The summed E-state index contributed by atoms with van der Waals surface area (Å²) in [7, 11) is 0. The molecule has 0 amide bonds. The number of pyridine rings is 1. The maximum atomic E-state index is 7.35. The Labute approximate surface area is 111 Å². The van der Waals surface area contributed by atoms with E-state index in [1.54, 1.807) is 0 Å². The zero-order valence-electron chi connectivity index (χ0n) is 10.3. The summed E-state index contributed by atoms with van der Waals surface area (Å²) in [5.41, 5.74) is 9.95. The van der Waals surface area contributed by atoms with E-state index < -0.39 is 0 Å². The van der Waals surface area contributed by atoms with Crippen LogP contribution in [0.2, 0.25) is 0 Å². The highest BCUT2D eigenvalue weighted by atomic mass is 14.7. The van der Waals surface area contributed by atoms with Crippen LogP contribution in [0.3, 0.4) is 0 Å². The van der Waals surface area contributed by atoms with Gasteiger partial charge in [-0.1, -0.05) is 30.3 Å². The van der Waals surface area contributed by atoms with Crippen LogP contribution in [0.1, 0.15) is 5.56 Å². The molecule has 0 spiro atoms. The van der Waals surface area contributed by atoms with Crippen LogP contribution in [0.4, 0.5) is 5.69 Å². The van der Waals surface area contributed by atoms with E-state index in [9.17, 15) is 0 Å². The molecule has 2 aromatic carbocycles. The van der Waals surface area contributed by atoms with Crippen molar-refractivity contribution < 1.29 is 0 Å². The van der Waals surface area contributed by atoms with Crippen LogP contribution in [0.25, 0.3) is 22.2 Å². The molecule has 0 aliphatic rings. The van der Waals surface area contributed by atoms with Crippen LogP contribution < -0.4 is 5.73 Å². The molecule has 0 saturated heterocycles. The number of hydrogen-bond donors (Lipinski definition) is 2. The van der Waals surface area contributed by atoms with Crippen molar-refractivity contribution in [3.63, 3.8) is 0 Å². The number of anilines is 1. The second-order valence-corrected chi connectivity index (χ2v) is 4.38. The lowest BCUT2D eigenvalue weighted by molar-refractivity contribution is 1.40. The van der Waals surface area contributed by atoms with Crippen molar-refractivity contribution in [1.82, 2.24) is 4.98 Å². The highest BCUT2D eigenvalue weighted by molar-refractivity contribution is 5.88. The second-order valence-electron chi connectivity index (χ2n) is 4.38. The lowest BCUT2D eigenvalue weighted by atomic mass is 10.1. The van der Waals surface area contributed by atoms with E-state index in [0.717, 1.165) is 22.2 Å². The van der Waals surface area contributed by atoms with Crippen molar-refractivity contribution in [1.29, 1.82) is 5.41 Å². The molecule has 0 radical (unpaired) electrons. The van der Waals surface area contributed by atoms with Gasteiger partial charge in [-0.2, -0.15) is 0 Å². The van der Waals surface area contributed by atoms with Gasteiger partial charge in [0.15, 0.2) is 0 Å². The predicted molar refractivity (Wildman–Crippen MR) is 79.5 cm³/mol. The average Bonchev–Trinajstić information content (AvgIpc) is 2.47. The Balaban J connectivity index is 2.16. The Hall–Kier alpha value is -2.68. The number of nitrogens with one attached hydrogen (secondary N) is 1. The summed E-state index contributed by atoms with van der Waals surface area (Å²) < 4.78 is 0. The predicted octanol–water partition coefficient (Wildman–Crippen LogP) is 3.48. The molecule has 0 bridgehead atoms. The molecule has 1 aromatic heterocycles. The first-order chi connectivity index (χ1) is 9.28. The van der Waals surface area contributed by atoms with Gasteiger partial charge in [-0.25, -0.2) is 4.98 Å². The number of benzene rings is 2. The van der Waals surface area contributed by atoms with Crippen LogP contribution >= 0.6 is 0 Å². The van der Waals surface area contributed by atoms with Gasteiger partial charge in [0.1, 0.15) is 0 Å². The first kappa shape index (κ1) is 11.4. The number of nitrogens with zero attached hydrogens (tertiary/aromatic N) is 1. The van der Waals surface area contributed by atoms with Crippen LogP contribution in [0, 0.1) is 5.41 Å². The molecule has 19 heavy (non-hydrogen) atoms. The molecular weight excluding hydrogens is 234 g/mol. The highest BCUT2D eigenvalue weighted by Gasteiger charge is 2.04. The molecule has 0 fully saturated rings. The van der Waals surface area contributed by atoms with Crippen LogP contribution in [-0.2, 0) is 0 Å². The number of nitrogens with two attached hydrogens (primary N) is 1. The summed E-state index contributed by atoms with van der Waals surface area (Å²) in [6, 6.07) is 17.7. The lowest BCUT2D eigenvalue weighted by Gasteiger charge is -2.06. The number of nitrogen functional groups attached to an aromatic ring is 1. The third-order valence-corrected chi connectivity index (χ3v) is 3.14. The minimum atomic E-state index is 0.611. The molecule has 0 atom stereocenters. The van der Waals surface area contributed by atoms with Crippen molar-refractivity contribution in [2.24, 2.45) is 0 Å². The van der Waals surface area contributed by atoms with E-state index in [1.807, 2.05) is 48.5 Å². The molecule has 1 heterocycles. The summed E-state index contributed by atoms with van der Waals surface area (Å²) >= 11 is 0. The van der Waals surface area contributed by atoms with E-state index in [1.165, 1.54) is 6.21 Å². The molecule has 0 aliphatic carbocycles. The van der Waals surface area contributed by atoms with Crippen LogP contribution in [0.15, 0.2) is 54.6 Å². The molecule has 3 aromatic rings. The summed E-state index contributed by atoms with van der Waals surface area (Å²) in [6.45, 7) is 0. The third kappa shape index (κ3) is 2.06. The molecular formula is C16H13N3. The topological polar surface area (TPSA) is 62.8 Å². The standard InChI is InChI=1S/C16H13N3/c17-10-13-9-12(5-7-14(13)18)16-8-6-11-3-1-2-4-15(11)19-16/h1-10,17H,18H2. The zero-order valence-corrected chi connectivity index (χ0v) is 10.3. The van der Waals surface area contributed by atoms with Gasteiger partial charge >= 0.3 is 0 Å². The van der Waals surface area contributed by atoms with Gasteiger partial charge in [-0.15, -0.1) is 0 Å². The van der Waals surface area contributed by atoms with Gasteiger partial charge in [-0.3, -0.25) is 0 Å². The molecule has 3 heteroatoms. The number of rotatable bonds is 2. The van der Waals surface area contributed by atoms with E-state index >= 15 is 0 Å². The van der Waals surface area contributed by atoms with Crippen LogP contribution in [-0.4, -0.2) is 11.2 Å². The summed E-state index contributed by atoms with van der Waals surface area (Å²) in [6.07, 6.45) is 1.26. The average molecular weight is 247 g/mol. The van der Waals surface area contributed by atoms with E-state index in [4.69, 9.17) is 11.1 Å². The fourth-order valence-electron chi connectivity index (χ4n) is 2.09. The van der Waals surface area contributed by atoms with Gasteiger partial charge in [0.05, 0.1) is 11.2 Å². The first-order valence-corrected chi connectivity index (χ1v) is 6.04. The molecule has 0 unspecified atom stereocenters. The second kappa shape index (κ2) is 4.53. The van der Waals surface area contributed by atoms with E-state index in [2.05, 4.69) is 11.1 Å². The van der Waals surface area contributed by atoms with Gasteiger partial charge in [-0.05, 0) is 24.3 Å². The smallest absolute Gasteiger partial charge is 0.0709 e. The van der Waals surface area contributed by atoms with Crippen molar-refractivity contribution in [3.8, 4) is 11.3 Å². The van der Waals surface area contributed by atoms with Gasteiger partial charge in [0.2, 0.25) is 0 Å². The summed E-state index contributed by atoms with van der Waals surface area (Å²) in [5.74, 6) is 0. The van der Waals surface area contributed by atoms with Crippen molar-refractivity contribution >= 4 is 22.8 Å². The Morgan fingerprint density at radius 1 is 1.00 bits per heavy atom. The van der Waals surface area contributed by atoms with E-state index in [-0.39, 0.29) is 0 Å². The molecule has 3 rings (SSSR count). The van der Waals surface area contributed by atoms with Gasteiger partial charge in [0, 0.05) is 28.4 Å². The summed E-state index contributed by atoms with van der Waals surface area (Å²) in [4.78, 5) is 4.63. The Morgan fingerprint density at radius 2 is 1.84 bits per heavy atom. The molecule has 0 saturated carbocycles. The van der Waals surface area contributed by atoms with E-state index in [0.29, 0.717) is 11.3 Å². The fraction of sp³-hybridized carbons (Fsp3) is 0. The minimum absolute atomic E-state index is 0.611. The van der Waals surface area contributed by atoms with Gasteiger partial charge < -0.3 is 11.1 Å². The maximum Gasteiger partial charge on any atom is 0.0709 e. The van der Waals surface area contributed by atoms with Crippen molar-refractivity contribution in [2.75, 3.05) is 5.73 Å². The Bertz CT molecular complexity index is 763. The summed E-state index contributed by atoms with van der Waals surface area (Å²) in [5, 5.41) is 8.47. The Morgan fingerprint density at radius 3 is 2.68 bits per heavy atom. The molecule has 3 nitrogen and oxygen atoms in total. The quantitative estimate of drug-likeness (QED) is 0.538. The number of hydrogen-bond acceptors (Lipinski definition) is 3. The lowest BCUT2D eigenvalue weighted by Crippen LogP contribution is -1.94. The highest BCUT2D eigenvalue weighted by Crippen LogP contribution is 2.23. The number of fused-ring (bicyclic) bond motifs is 1. The first-order valence-electron chi connectivity index (χ1n) is 6.04. The normalized spacial score (nSPS) is 10.5. The number of para-hydroxylation sites is 1. The fourth-order valence-corrected chi connectivity index (χ4v) is 2.09. The Kier molecular flexibility index (Phi) is 2.72. The SMILES string of the molecule is N=Cc1cc(-c2ccc3ccccc3n2)ccc1N. The van der Waals surface area contributed by atoms with Crippen molar-refractivity contribution in [2.45, 2.75) is 0 Å². The molecule has 92 valence electrons. The largest absolute Gasteiger partial charge is 0.398 e. The van der Waals surface area contributed by atoms with Gasteiger partial charge in [0.25, 0.3) is 0 Å². The molecule has 3 N–H and O–H groups in total. The minimum Gasteiger partial charge on any atom is -0.398 e. The molecule has 0 aliphatic heterocycles.